The van der Waals surface area contributed by atoms with E-state index >= 15 is 0 Å². The van der Waals surface area contributed by atoms with Crippen LogP contribution in [0.25, 0.3) is 0 Å². The summed E-state index contributed by atoms with van der Waals surface area (Å²) in [6.07, 6.45) is -4.04. The average molecular weight is 335 g/mol. The van der Waals surface area contributed by atoms with E-state index in [4.69, 9.17) is 19.9 Å². The van der Waals surface area contributed by atoms with Crippen molar-refractivity contribution in [1.82, 2.24) is 0 Å². The summed E-state index contributed by atoms with van der Waals surface area (Å²) < 4.78 is 40.1. The predicted molar refractivity (Wildman–Crippen MR) is 84.5 cm³/mol. The van der Waals surface area contributed by atoms with Gasteiger partial charge >= 0.3 is 7.82 Å². The number of hydrogen-bond donors (Lipinski definition) is 3. The molecule has 0 aromatic carbocycles. The Labute approximate surface area is 133 Å². The van der Waals surface area contributed by atoms with E-state index in [1.807, 2.05) is 7.74 Å². The van der Waals surface area contributed by atoms with E-state index in [1.54, 1.807) is 7.85 Å². The Kier molecular flexibility index (Phi) is 5.68. The zero-order chi connectivity index (χ0) is 17.2. The van der Waals surface area contributed by atoms with Crippen molar-refractivity contribution in [3.8, 4) is 0 Å². The number of hydrogen-bond acceptors (Lipinski definition) is 7. The summed E-state index contributed by atoms with van der Waals surface area (Å²) in [7, 11) is -0.234. The van der Waals surface area contributed by atoms with Gasteiger partial charge in [-0.2, -0.15) is 0 Å². The van der Waals surface area contributed by atoms with Gasteiger partial charge < -0.3 is 24.6 Å². The third-order valence-electron chi connectivity index (χ3n) is 3.99. The second kappa shape index (κ2) is 7.36. The largest absolute Gasteiger partial charge is 0.472 e. The molecular weight excluding hydrogens is 312 g/mol. The number of aliphatic hydroxyl groups excluding tert-OH is 2. The van der Waals surface area contributed by atoms with Crippen LogP contribution in [0, 0.1) is 0 Å². The fourth-order valence-electron chi connectivity index (χ4n) is 2.63. The van der Waals surface area contributed by atoms with Gasteiger partial charge in [0.25, 0.3) is 0 Å². The molecule has 3 N–H and O–H groups in total. The summed E-state index contributed by atoms with van der Waals surface area (Å²) in [5.41, 5.74) is 0. The molecule has 12 heteroatoms. The van der Waals surface area contributed by atoms with Gasteiger partial charge in [-0.3, -0.25) is 9.05 Å². The first-order chi connectivity index (χ1) is 10.8. The fraction of sp³-hybridized carbons (Fsp3) is 1.00. The Balaban J connectivity index is 1.88. The molecule has 3 unspecified atom stereocenters. The molecule has 2 saturated heterocycles. The van der Waals surface area contributed by atoms with Crippen molar-refractivity contribution in [2.75, 3.05) is 6.61 Å². The monoisotopic (exact) mass is 335 g/mol. The van der Waals surface area contributed by atoms with Crippen molar-refractivity contribution in [2.45, 2.75) is 55.8 Å². The van der Waals surface area contributed by atoms with Gasteiger partial charge in [0.05, 0.1) is 32.6 Å². The molecule has 8 nitrogen and oxygen atoms in total. The van der Waals surface area contributed by atoms with Crippen LogP contribution in [0.3, 0.4) is 0 Å². The summed E-state index contributed by atoms with van der Waals surface area (Å²) in [5.74, 6) is 0. The van der Waals surface area contributed by atoms with Gasteiger partial charge in [-0.25, -0.2) is 4.57 Å². The molecule has 2 heterocycles. The SMILES string of the molecule is [2H]C[C@H]1O[C@@H](B)[C@@H](O)C1OP(=O)(O)OC[C@H]1O[C@@H](BB)CC1O. The van der Waals surface area contributed by atoms with Crippen molar-refractivity contribution < 1.29 is 39.6 Å². The Hall–Kier alpha value is 0.145. The topological polar surface area (TPSA) is 115 Å². The lowest BCUT2D eigenvalue weighted by Crippen LogP contribution is -2.34. The number of phosphoric acid groups is 1. The lowest BCUT2D eigenvalue weighted by molar-refractivity contribution is -0.0213. The van der Waals surface area contributed by atoms with Gasteiger partial charge in [-0.05, 0) is 13.3 Å². The molecule has 2 aliphatic heterocycles. The number of aliphatic hydroxyl groups is 2. The number of phosphoric ester groups is 1. The van der Waals surface area contributed by atoms with Crippen molar-refractivity contribution in [1.29, 1.82) is 0 Å². The predicted octanol–water partition coefficient (Wildman–Crippen LogP) is -3.31. The molecule has 0 radical (unpaired) electrons. The van der Waals surface area contributed by atoms with E-state index in [0.29, 0.717) is 6.42 Å². The first-order valence-corrected chi connectivity index (χ1v) is 8.89. The van der Waals surface area contributed by atoms with E-state index in [-0.39, 0.29) is 19.5 Å². The standard InChI is InChI=1S/C10H22B3O8P/c1-4-9(8(15)10(11)19-4)21-22(16,17)18-3-6-5(14)2-7(13-12)20-6/h4-10,13-15H,2-3,11-12H2,1H3,(H,16,17)/t4-,5?,6-,7-,8+,9?,10-/m1/s1/i1D. The maximum absolute atomic E-state index is 12.0. The maximum atomic E-state index is 12.0. The van der Waals surface area contributed by atoms with Crippen LogP contribution in [0.5, 0.6) is 0 Å². The first kappa shape index (κ1) is 17.0. The van der Waals surface area contributed by atoms with Crippen LogP contribution < -0.4 is 0 Å². The maximum Gasteiger partial charge on any atom is 0.472 e. The summed E-state index contributed by atoms with van der Waals surface area (Å²) in [5, 5.41) is 19.8. The van der Waals surface area contributed by atoms with E-state index in [9.17, 15) is 19.7 Å². The molecule has 0 aliphatic carbocycles. The second-order valence-electron chi connectivity index (χ2n) is 5.71. The average Bonchev–Trinajstić information content (AvgIpc) is 2.99. The molecule has 2 rings (SSSR count). The molecule has 2 aliphatic rings. The van der Waals surface area contributed by atoms with E-state index < -0.39 is 44.3 Å². The smallest absolute Gasteiger partial charge is 0.390 e. The highest BCUT2D eigenvalue weighted by atomic mass is 31.2. The van der Waals surface area contributed by atoms with Gasteiger partial charge in [0, 0.05) is 7.37 Å². The van der Waals surface area contributed by atoms with Crippen LogP contribution in [0.2, 0.25) is 0 Å². The minimum atomic E-state index is -4.48. The molecule has 8 atom stereocenters. The van der Waals surface area contributed by atoms with Crippen molar-refractivity contribution in [2.24, 2.45) is 0 Å². The van der Waals surface area contributed by atoms with Crippen LogP contribution in [0.15, 0.2) is 0 Å². The zero-order valence-electron chi connectivity index (χ0n) is 13.7. The molecule has 22 heavy (non-hydrogen) atoms. The minimum Gasteiger partial charge on any atom is -0.390 e. The highest BCUT2D eigenvalue weighted by Crippen LogP contribution is 2.47. The van der Waals surface area contributed by atoms with E-state index in [2.05, 4.69) is 0 Å². The van der Waals surface area contributed by atoms with Crippen molar-refractivity contribution in [3.05, 3.63) is 0 Å². The third-order valence-corrected chi connectivity index (χ3v) is 4.97. The summed E-state index contributed by atoms with van der Waals surface area (Å²) >= 11 is 0. The molecule has 0 aromatic rings. The normalized spacial score (nSPS) is 45.4. The molecule has 0 bridgehead atoms. The van der Waals surface area contributed by atoms with Gasteiger partial charge in [-0.1, -0.05) is 0 Å². The third kappa shape index (κ3) is 4.36. The summed E-state index contributed by atoms with van der Waals surface area (Å²) in [4.78, 5) is 9.81. The van der Waals surface area contributed by atoms with Gasteiger partial charge in [0.2, 0.25) is 0 Å². The second-order valence-corrected chi connectivity index (χ2v) is 7.12. The van der Waals surface area contributed by atoms with Crippen molar-refractivity contribution >= 4 is 30.6 Å². The zero-order valence-corrected chi connectivity index (χ0v) is 13.6. The molecule has 2 fully saturated rings. The molecular formula is C10H22B3O8P. The van der Waals surface area contributed by atoms with Crippen LogP contribution in [-0.4, -0.2) is 87.0 Å². The van der Waals surface area contributed by atoms with Crippen LogP contribution in [0.4, 0.5) is 0 Å². The Morgan fingerprint density at radius 3 is 2.82 bits per heavy atom. The van der Waals surface area contributed by atoms with Gasteiger partial charge in [0.1, 0.15) is 33.3 Å². The highest BCUT2D eigenvalue weighted by Gasteiger charge is 2.44. The van der Waals surface area contributed by atoms with Gasteiger partial charge in [-0.15, -0.1) is 0 Å². The summed E-state index contributed by atoms with van der Waals surface area (Å²) in [6, 6.07) is -0.697. The minimum absolute atomic E-state index is 0.101. The quantitative estimate of drug-likeness (QED) is 0.342. The van der Waals surface area contributed by atoms with E-state index in [0.717, 1.165) is 7.17 Å². The first-order valence-electron chi connectivity index (χ1n) is 8.10. The molecule has 0 spiro atoms. The number of rotatable bonds is 6. The van der Waals surface area contributed by atoms with Crippen LogP contribution in [-0.2, 0) is 23.1 Å². The highest BCUT2D eigenvalue weighted by molar-refractivity contribution is 7.47. The van der Waals surface area contributed by atoms with Crippen molar-refractivity contribution in [3.63, 3.8) is 0 Å². The van der Waals surface area contributed by atoms with E-state index in [1.165, 1.54) is 0 Å². The Bertz CT molecular complexity index is 448. The van der Waals surface area contributed by atoms with Crippen LogP contribution >= 0.6 is 7.82 Å². The molecule has 0 aromatic heterocycles. The molecule has 124 valence electrons. The lowest BCUT2D eigenvalue weighted by atomic mass is 9.51. The number of ether oxygens (including phenoxy) is 2. The van der Waals surface area contributed by atoms with Crippen LogP contribution in [0.1, 0.15) is 14.7 Å². The summed E-state index contributed by atoms with van der Waals surface area (Å²) in [6.45, 7) is -0.509. The molecule has 0 saturated carbocycles. The fourth-order valence-corrected chi connectivity index (χ4v) is 3.59. The Morgan fingerprint density at radius 2 is 2.23 bits per heavy atom. The Morgan fingerprint density at radius 1 is 1.50 bits per heavy atom. The van der Waals surface area contributed by atoms with Gasteiger partial charge in [0.15, 0.2) is 0 Å². The lowest BCUT2D eigenvalue weighted by Gasteiger charge is -2.23. The molecule has 0 amide bonds.